The zero-order valence-electron chi connectivity index (χ0n) is 8.37. The van der Waals surface area contributed by atoms with E-state index in [-0.39, 0.29) is 40.6 Å². The summed E-state index contributed by atoms with van der Waals surface area (Å²) in [5.41, 5.74) is 1.41. The van der Waals surface area contributed by atoms with E-state index < -0.39 is 5.97 Å². The van der Waals surface area contributed by atoms with Crippen LogP contribution < -0.4 is 0 Å². The van der Waals surface area contributed by atoms with Crippen LogP contribution in [0.15, 0.2) is 24.3 Å². The van der Waals surface area contributed by atoms with Crippen molar-refractivity contribution in [3.8, 4) is 0 Å². The van der Waals surface area contributed by atoms with Gasteiger partial charge in [0, 0.05) is 0 Å². The Labute approximate surface area is 98.2 Å². The van der Waals surface area contributed by atoms with Crippen LogP contribution in [0.5, 0.6) is 0 Å². The van der Waals surface area contributed by atoms with Gasteiger partial charge in [0.2, 0.25) is 0 Å². The summed E-state index contributed by atoms with van der Waals surface area (Å²) in [6.07, 6.45) is 0. The first kappa shape index (κ1) is 10.9. The molecule has 0 aromatic heterocycles. The molecule has 0 aliphatic heterocycles. The fraction of sp³-hybridized carbons (Fsp3) is 0.125. The second-order valence-electron chi connectivity index (χ2n) is 2.17. The standard InChI is InChI=1S/C8H8O2.Ca.2H/c1-6-2-4-7(5-3-6)8(9)10;;;/h2-5H,1H3,(H,9,10);;;/q;+2;2*-1. The number of hydrogen-bond acceptors (Lipinski definition) is 1. The number of carboxylic acid groups (broad SMARTS) is 1. The molecule has 0 amide bonds. The second-order valence-corrected chi connectivity index (χ2v) is 2.17. The summed E-state index contributed by atoms with van der Waals surface area (Å²) in [6.45, 7) is 1.92. The van der Waals surface area contributed by atoms with E-state index in [0.29, 0.717) is 5.56 Å². The largest absolute Gasteiger partial charge is 2.00 e. The Balaban J connectivity index is -0.000000333. The van der Waals surface area contributed by atoms with Crippen molar-refractivity contribution in [3.63, 3.8) is 0 Å². The molecule has 0 saturated heterocycles. The number of carbonyl (C=O) groups is 1. The SMILES string of the molecule is Cc1ccc(C(=O)O)cc1.[Ca+2].[H-].[H-]. The number of carboxylic acids is 1. The van der Waals surface area contributed by atoms with Gasteiger partial charge in [-0.15, -0.1) is 0 Å². The fourth-order valence-corrected chi connectivity index (χ4v) is 0.696. The zero-order chi connectivity index (χ0) is 7.56. The molecule has 1 aromatic carbocycles. The Morgan fingerprint density at radius 1 is 1.36 bits per heavy atom. The van der Waals surface area contributed by atoms with Crippen molar-refractivity contribution in [1.29, 1.82) is 0 Å². The molecule has 0 saturated carbocycles. The molecule has 11 heavy (non-hydrogen) atoms. The molecule has 0 fully saturated rings. The molecule has 1 rings (SSSR count). The van der Waals surface area contributed by atoms with Gasteiger partial charge in [0.25, 0.3) is 0 Å². The van der Waals surface area contributed by atoms with Crippen molar-refractivity contribution in [3.05, 3.63) is 35.4 Å². The summed E-state index contributed by atoms with van der Waals surface area (Å²) in [5.74, 6) is -0.875. The van der Waals surface area contributed by atoms with Crippen molar-refractivity contribution in [1.82, 2.24) is 0 Å². The van der Waals surface area contributed by atoms with Gasteiger partial charge >= 0.3 is 43.7 Å². The molecular weight excluding hydrogens is 168 g/mol. The Hall–Kier alpha value is -0.0503. The van der Waals surface area contributed by atoms with Gasteiger partial charge in [-0.2, -0.15) is 0 Å². The molecule has 0 heterocycles. The summed E-state index contributed by atoms with van der Waals surface area (Å²) in [5, 5.41) is 8.48. The first-order valence-electron chi connectivity index (χ1n) is 3.00. The maximum absolute atomic E-state index is 10.3. The third-order valence-electron chi connectivity index (χ3n) is 1.30. The quantitative estimate of drug-likeness (QED) is 0.662. The molecule has 0 spiro atoms. The van der Waals surface area contributed by atoms with Gasteiger partial charge in [0.15, 0.2) is 0 Å². The minimum Gasteiger partial charge on any atom is -1.00 e. The van der Waals surface area contributed by atoms with Crippen LogP contribution in [0.25, 0.3) is 0 Å². The van der Waals surface area contributed by atoms with E-state index >= 15 is 0 Å². The van der Waals surface area contributed by atoms with Gasteiger partial charge in [-0.3, -0.25) is 0 Å². The van der Waals surface area contributed by atoms with Crippen LogP contribution in [0.1, 0.15) is 18.8 Å². The second kappa shape index (κ2) is 4.75. The molecule has 0 bridgehead atoms. The van der Waals surface area contributed by atoms with Crippen molar-refractivity contribution in [2.45, 2.75) is 6.92 Å². The van der Waals surface area contributed by atoms with Crippen LogP contribution in [-0.4, -0.2) is 48.8 Å². The Morgan fingerprint density at radius 2 is 1.82 bits per heavy atom. The van der Waals surface area contributed by atoms with Gasteiger partial charge < -0.3 is 7.96 Å². The number of aryl methyl sites for hydroxylation is 1. The minimum atomic E-state index is -0.875. The van der Waals surface area contributed by atoms with Gasteiger partial charge in [0.1, 0.15) is 0 Å². The topological polar surface area (TPSA) is 37.3 Å². The zero-order valence-corrected chi connectivity index (χ0v) is 8.58. The van der Waals surface area contributed by atoms with Crippen LogP contribution in [0.3, 0.4) is 0 Å². The van der Waals surface area contributed by atoms with Crippen molar-refractivity contribution in [2.75, 3.05) is 0 Å². The normalized spacial score (nSPS) is 8.45. The Morgan fingerprint density at radius 3 is 2.18 bits per heavy atom. The van der Waals surface area contributed by atoms with Crippen molar-refractivity contribution in [2.24, 2.45) is 0 Å². The maximum Gasteiger partial charge on any atom is 2.00 e. The number of benzene rings is 1. The fourth-order valence-electron chi connectivity index (χ4n) is 0.696. The number of rotatable bonds is 1. The minimum absolute atomic E-state index is 0. The van der Waals surface area contributed by atoms with Crippen LogP contribution in [0, 0.1) is 6.92 Å². The molecular formula is C8H10CaO2. The van der Waals surface area contributed by atoms with Gasteiger partial charge in [-0.1, -0.05) is 17.7 Å². The van der Waals surface area contributed by atoms with Crippen LogP contribution in [0.4, 0.5) is 0 Å². The van der Waals surface area contributed by atoms with E-state index in [1.807, 2.05) is 6.92 Å². The van der Waals surface area contributed by atoms with Gasteiger partial charge in [-0.05, 0) is 19.1 Å². The molecule has 1 N–H and O–H groups in total. The van der Waals surface area contributed by atoms with Crippen LogP contribution in [-0.2, 0) is 0 Å². The number of hydrogen-bond donors (Lipinski definition) is 1. The first-order valence-corrected chi connectivity index (χ1v) is 3.00. The summed E-state index contributed by atoms with van der Waals surface area (Å²) < 4.78 is 0. The summed E-state index contributed by atoms with van der Waals surface area (Å²) in [4.78, 5) is 10.3. The first-order chi connectivity index (χ1) is 4.70. The van der Waals surface area contributed by atoms with Gasteiger partial charge in [0.05, 0.1) is 5.56 Å². The van der Waals surface area contributed by atoms with E-state index in [1.165, 1.54) is 0 Å². The molecule has 56 valence electrons. The Kier molecular flexibility index (Phi) is 4.73. The maximum atomic E-state index is 10.3. The summed E-state index contributed by atoms with van der Waals surface area (Å²) in [6, 6.07) is 6.75. The van der Waals surface area contributed by atoms with E-state index in [0.717, 1.165) is 5.56 Å². The van der Waals surface area contributed by atoms with Crippen LogP contribution in [0.2, 0.25) is 0 Å². The molecule has 0 radical (unpaired) electrons. The smallest absolute Gasteiger partial charge is 1.00 e. The molecule has 0 aliphatic carbocycles. The Bertz CT molecular complexity index is 249. The third kappa shape index (κ3) is 3.23. The predicted octanol–water partition coefficient (Wildman–Crippen LogP) is 1.54. The average Bonchev–Trinajstić information content (AvgIpc) is 1.88. The average molecular weight is 178 g/mol. The molecule has 3 heteroatoms. The van der Waals surface area contributed by atoms with Crippen LogP contribution >= 0.6 is 0 Å². The van der Waals surface area contributed by atoms with E-state index in [2.05, 4.69) is 0 Å². The number of aromatic carboxylic acids is 1. The third-order valence-corrected chi connectivity index (χ3v) is 1.30. The van der Waals surface area contributed by atoms with Crippen molar-refractivity contribution >= 4 is 43.7 Å². The molecule has 2 nitrogen and oxygen atoms in total. The van der Waals surface area contributed by atoms with Gasteiger partial charge in [-0.25, -0.2) is 4.79 Å². The molecule has 1 aromatic rings. The summed E-state index contributed by atoms with van der Waals surface area (Å²) >= 11 is 0. The molecule has 0 unspecified atom stereocenters. The van der Waals surface area contributed by atoms with E-state index in [4.69, 9.17) is 5.11 Å². The molecule has 0 aliphatic rings. The monoisotopic (exact) mass is 178 g/mol. The van der Waals surface area contributed by atoms with Crippen molar-refractivity contribution < 1.29 is 12.8 Å². The molecule has 0 atom stereocenters. The van der Waals surface area contributed by atoms with E-state index in [9.17, 15) is 4.79 Å². The van der Waals surface area contributed by atoms with E-state index in [1.54, 1.807) is 24.3 Å². The summed E-state index contributed by atoms with van der Waals surface area (Å²) in [7, 11) is 0. The predicted molar refractivity (Wildman–Crippen MR) is 46.1 cm³/mol.